The zero-order valence-corrected chi connectivity index (χ0v) is 11.3. The maximum Gasteiger partial charge on any atom is 0.243 e. The quantitative estimate of drug-likeness (QED) is 0.893. The van der Waals surface area contributed by atoms with Gasteiger partial charge >= 0.3 is 0 Å². The number of nitrogens with zero attached hydrogens (tertiary/aromatic N) is 3. The Morgan fingerprint density at radius 2 is 2.21 bits per heavy atom. The molecule has 0 spiro atoms. The van der Waals surface area contributed by atoms with Crippen molar-refractivity contribution in [2.24, 2.45) is 5.73 Å². The fourth-order valence-corrected chi connectivity index (χ4v) is 1.72. The Bertz CT molecular complexity index is 589. The number of nitrogens with two attached hydrogens (primary N) is 1. The fraction of sp³-hybridized carbons (Fsp3) is 0.250. The molecule has 1 aromatic heterocycles. The van der Waals surface area contributed by atoms with Crippen LogP contribution in [-0.2, 0) is 4.79 Å². The second kappa shape index (κ2) is 4.99. The van der Waals surface area contributed by atoms with Crippen molar-refractivity contribution < 1.29 is 4.79 Å². The third-order valence-corrected chi connectivity index (χ3v) is 2.77. The van der Waals surface area contributed by atoms with Gasteiger partial charge in [-0.05, 0) is 26.0 Å². The van der Waals surface area contributed by atoms with Gasteiger partial charge in [-0.25, -0.2) is 9.67 Å². The summed E-state index contributed by atoms with van der Waals surface area (Å²) in [6.07, 6.45) is 2.90. The molecule has 3 N–H and O–H groups in total. The molecule has 100 valence electrons. The molecule has 0 atom stereocenters. The van der Waals surface area contributed by atoms with Crippen LogP contribution in [0.3, 0.4) is 0 Å². The van der Waals surface area contributed by atoms with E-state index in [1.165, 1.54) is 17.3 Å². The van der Waals surface area contributed by atoms with Crippen LogP contribution < -0.4 is 11.1 Å². The van der Waals surface area contributed by atoms with Gasteiger partial charge in [0.25, 0.3) is 0 Å². The first-order valence-electron chi connectivity index (χ1n) is 5.63. The molecule has 0 aliphatic rings. The Labute approximate surface area is 115 Å². The number of benzene rings is 1. The molecule has 2 aromatic rings. The zero-order chi connectivity index (χ0) is 14.0. The highest BCUT2D eigenvalue weighted by Crippen LogP contribution is 2.28. The second-order valence-electron chi connectivity index (χ2n) is 4.65. The Morgan fingerprint density at radius 3 is 2.79 bits per heavy atom. The van der Waals surface area contributed by atoms with E-state index in [0.29, 0.717) is 16.4 Å². The minimum absolute atomic E-state index is 0.309. The summed E-state index contributed by atoms with van der Waals surface area (Å²) in [6.45, 7) is 3.25. The van der Waals surface area contributed by atoms with E-state index >= 15 is 0 Å². The minimum atomic E-state index is -0.984. The Kier molecular flexibility index (Phi) is 3.55. The number of nitrogens with one attached hydrogen (secondary N) is 1. The third kappa shape index (κ3) is 2.91. The molecule has 0 saturated carbocycles. The van der Waals surface area contributed by atoms with Crippen LogP contribution in [0, 0.1) is 0 Å². The van der Waals surface area contributed by atoms with Crippen molar-refractivity contribution >= 4 is 23.2 Å². The molecule has 0 radical (unpaired) electrons. The number of halogens is 1. The molecule has 0 aliphatic carbocycles. The molecule has 2 rings (SSSR count). The molecule has 1 aromatic carbocycles. The summed E-state index contributed by atoms with van der Waals surface area (Å²) < 4.78 is 1.49. The van der Waals surface area contributed by atoms with Crippen LogP contribution in [0.5, 0.6) is 0 Å². The largest absolute Gasteiger partial charge is 0.323 e. The molecule has 19 heavy (non-hydrogen) atoms. The number of hydrogen-bond donors (Lipinski definition) is 2. The van der Waals surface area contributed by atoms with E-state index < -0.39 is 5.54 Å². The topological polar surface area (TPSA) is 85.8 Å². The Balaban J connectivity index is 2.42. The third-order valence-electron chi connectivity index (χ3n) is 2.47. The van der Waals surface area contributed by atoms with Crippen LogP contribution >= 0.6 is 11.6 Å². The molecule has 0 aliphatic heterocycles. The lowest BCUT2D eigenvalue weighted by Gasteiger charge is -2.19. The van der Waals surface area contributed by atoms with Crippen LogP contribution in [0.2, 0.25) is 5.02 Å². The number of hydrogen-bond acceptors (Lipinski definition) is 4. The lowest BCUT2D eigenvalue weighted by molar-refractivity contribution is -0.120. The molecular weight excluding hydrogens is 266 g/mol. The lowest BCUT2D eigenvalue weighted by Crippen LogP contribution is -2.45. The van der Waals surface area contributed by atoms with Crippen molar-refractivity contribution in [3.8, 4) is 5.69 Å². The summed E-state index contributed by atoms with van der Waals surface area (Å²) in [7, 11) is 0. The van der Waals surface area contributed by atoms with E-state index in [9.17, 15) is 4.79 Å². The first-order valence-corrected chi connectivity index (χ1v) is 6.01. The van der Waals surface area contributed by atoms with Gasteiger partial charge in [0.1, 0.15) is 18.3 Å². The summed E-state index contributed by atoms with van der Waals surface area (Å²) >= 11 is 6.15. The van der Waals surface area contributed by atoms with Crippen LogP contribution in [0.1, 0.15) is 13.8 Å². The van der Waals surface area contributed by atoms with Gasteiger partial charge < -0.3 is 11.1 Å². The summed E-state index contributed by atoms with van der Waals surface area (Å²) in [5, 5.41) is 7.22. The van der Waals surface area contributed by atoms with Gasteiger partial charge in [-0.1, -0.05) is 17.7 Å². The van der Waals surface area contributed by atoms with E-state index in [4.69, 9.17) is 17.3 Å². The highest BCUT2D eigenvalue weighted by atomic mass is 35.5. The van der Waals surface area contributed by atoms with Gasteiger partial charge in [-0.15, -0.1) is 0 Å². The highest BCUT2D eigenvalue weighted by Gasteiger charge is 2.23. The van der Waals surface area contributed by atoms with E-state index in [-0.39, 0.29) is 5.91 Å². The van der Waals surface area contributed by atoms with Gasteiger partial charge in [-0.3, -0.25) is 4.79 Å². The molecule has 6 nitrogen and oxygen atoms in total. The van der Waals surface area contributed by atoms with Gasteiger partial charge in [-0.2, -0.15) is 5.10 Å². The molecule has 7 heteroatoms. The Hall–Kier alpha value is -1.92. The summed E-state index contributed by atoms with van der Waals surface area (Å²) in [5.74, 6) is -0.309. The van der Waals surface area contributed by atoms with E-state index in [1.807, 2.05) is 0 Å². The number of carbonyl (C=O) groups excluding carboxylic acids is 1. The summed E-state index contributed by atoms with van der Waals surface area (Å²) in [5.41, 5.74) is 5.85. The van der Waals surface area contributed by atoms with Crippen molar-refractivity contribution in [2.45, 2.75) is 19.4 Å². The number of aromatic nitrogens is 3. The number of amides is 1. The molecule has 0 bridgehead atoms. The number of rotatable bonds is 3. The van der Waals surface area contributed by atoms with Crippen molar-refractivity contribution in [3.63, 3.8) is 0 Å². The van der Waals surface area contributed by atoms with Crippen LogP contribution in [-0.4, -0.2) is 26.2 Å². The normalized spacial score (nSPS) is 11.4. The first-order chi connectivity index (χ1) is 8.89. The van der Waals surface area contributed by atoms with Crippen molar-refractivity contribution in [3.05, 3.63) is 35.9 Å². The van der Waals surface area contributed by atoms with Crippen LogP contribution in [0.25, 0.3) is 5.69 Å². The van der Waals surface area contributed by atoms with Crippen molar-refractivity contribution in [1.29, 1.82) is 0 Å². The molecule has 1 amide bonds. The highest BCUT2D eigenvalue weighted by molar-refractivity contribution is 6.33. The van der Waals surface area contributed by atoms with Gasteiger partial charge in [0.05, 0.1) is 16.2 Å². The smallest absolute Gasteiger partial charge is 0.243 e. The molecule has 1 heterocycles. The molecule has 0 saturated heterocycles. The van der Waals surface area contributed by atoms with Gasteiger partial charge in [0.2, 0.25) is 5.91 Å². The number of anilines is 1. The average Bonchev–Trinajstić information content (AvgIpc) is 2.81. The predicted molar refractivity (Wildman–Crippen MR) is 73.3 cm³/mol. The summed E-state index contributed by atoms with van der Waals surface area (Å²) in [4.78, 5) is 15.8. The van der Waals surface area contributed by atoms with E-state index in [0.717, 1.165) is 0 Å². The van der Waals surface area contributed by atoms with Gasteiger partial charge in [0.15, 0.2) is 0 Å². The van der Waals surface area contributed by atoms with Crippen molar-refractivity contribution in [1.82, 2.24) is 14.8 Å². The van der Waals surface area contributed by atoms with E-state index in [2.05, 4.69) is 15.4 Å². The zero-order valence-electron chi connectivity index (χ0n) is 10.6. The maximum atomic E-state index is 11.9. The fourth-order valence-electron chi connectivity index (χ4n) is 1.46. The maximum absolute atomic E-state index is 11.9. The van der Waals surface area contributed by atoms with Crippen LogP contribution in [0.4, 0.5) is 5.69 Å². The first kappa shape index (κ1) is 13.5. The number of para-hydroxylation sites is 1. The number of carbonyl (C=O) groups is 1. The molecule has 0 fully saturated rings. The second-order valence-corrected chi connectivity index (χ2v) is 5.06. The van der Waals surface area contributed by atoms with Gasteiger partial charge in [0, 0.05) is 0 Å². The summed E-state index contributed by atoms with van der Waals surface area (Å²) in [6, 6.07) is 5.18. The average molecular weight is 280 g/mol. The molecular formula is C12H14ClN5O. The Morgan fingerprint density at radius 1 is 1.47 bits per heavy atom. The van der Waals surface area contributed by atoms with Crippen LogP contribution in [0.15, 0.2) is 30.9 Å². The lowest BCUT2D eigenvalue weighted by atomic mass is 10.1. The standard InChI is InChI=1S/C12H14ClN5O/c1-12(2,14)11(19)17-9-5-3-4-8(13)10(9)18-7-15-6-16-18/h3-7H,14H2,1-2H3,(H,17,19). The molecule has 0 unspecified atom stereocenters. The van der Waals surface area contributed by atoms with Crippen molar-refractivity contribution in [2.75, 3.05) is 5.32 Å². The SMILES string of the molecule is CC(C)(N)C(=O)Nc1cccc(Cl)c1-n1cncn1. The predicted octanol–water partition coefficient (Wildman–Crippen LogP) is 1.60. The monoisotopic (exact) mass is 279 g/mol. The van der Waals surface area contributed by atoms with E-state index in [1.54, 1.807) is 32.0 Å². The minimum Gasteiger partial charge on any atom is -0.323 e.